The second kappa shape index (κ2) is 12.3. The number of nitro benzene ring substituents is 1. The molecule has 2 aromatic rings. The molecule has 1 N–H and O–H groups in total. The minimum Gasteiger partial charge on any atom is -0.357 e. The van der Waals surface area contributed by atoms with Crippen LogP contribution in [0, 0.1) is 10.1 Å². The Hall–Kier alpha value is -2.24. The van der Waals surface area contributed by atoms with Crippen LogP contribution in [0.1, 0.15) is 31.2 Å². The van der Waals surface area contributed by atoms with Crippen LogP contribution in [0.4, 0.5) is 5.69 Å². The van der Waals surface area contributed by atoms with Gasteiger partial charge in [-0.1, -0.05) is 12.1 Å². The summed E-state index contributed by atoms with van der Waals surface area (Å²) in [5.41, 5.74) is 1.24. The van der Waals surface area contributed by atoms with Gasteiger partial charge in [0.2, 0.25) is 0 Å². The van der Waals surface area contributed by atoms with Crippen molar-refractivity contribution < 1.29 is 4.92 Å². The molecule has 0 saturated carbocycles. The van der Waals surface area contributed by atoms with Crippen molar-refractivity contribution in [3.63, 3.8) is 0 Å². The van der Waals surface area contributed by atoms with Crippen LogP contribution >= 0.6 is 24.0 Å². The van der Waals surface area contributed by atoms with Crippen molar-refractivity contribution in [2.75, 3.05) is 20.1 Å². The average Bonchev–Trinajstić information content (AvgIpc) is 3.05. The first kappa shape index (κ1) is 23.8. The van der Waals surface area contributed by atoms with Crippen LogP contribution < -0.4 is 5.32 Å². The third-order valence-corrected chi connectivity index (χ3v) is 4.16. The molecule has 1 aromatic heterocycles. The summed E-state index contributed by atoms with van der Waals surface area (Å²) in [5, 5.41) is 18.1. The van der Waals surface area contributed by atoms with Crippen molar-refractivity contribution in [2.45, 2.75) is 32.7 Å². The molecule has 0 aliphatic heterocycles. The van der Waals surface area contributed by atoms with Crippen LogP contribution in [-0.2, 0) is 20.0 Å². The van der Waals surface area contributed by atoms with E-state index in [0.29, 0.717) is 6.54 Å². The van der Waals surface area contributed by atoms with E-state index in [1.54, 1.807) is 23.1 Å². The molecule has 9 nitrogen and oxygen atoms in total. The number of aryl methyl sites for hydroxylation is 2. The average molecular weight is 501 g/mol. The quantitative estimate of drug-likeness (QED) is 0.142. The second-order valence-corrected chi connectivity index (χ2v) is 6.27. The van der Waals surface area contributed by atoms with Crippen LogP contribution in [-0.4, -0.2) is 50.7 Å². The lowest BCUT2D eigenvalue weighted by Crippen LogP contribution is -2.39. The van der Waals surface area contributed by atoms with Gasteiger partial charge in [0.25, 0.3) is 5.69 Å². The Bertz CT molecular complexity index is 762. The van der Waals surface area contributed by atoms with Crippen molar-refractivity contribution in [3.05, 3.63) is 52.1 Å². The third-order valence-electron chi connectivity index (χ3n) is 4.16. The van der Waals surface area contributed by atoms with Gasteiger partial charge in [0.15, 0.2) is 5.96 Å². The van der Waals surface area contributed by atoms with Gasteiger partial charge in [-0.25, -0.2) is 4.98 Å². The number of aromatic nitrogens is 3. The Morgan fingerprint density at radius 1 is 1.32 bits per heavy atom. The molecule has 0 atom stereocenters. The van der Waals surface area contributed by atoms with Gasteiger partial charge in [-0.15, -0.1) is 24.0 Å². The summed E-state index contributed by atoms with van der Waals surface area (Å²) in [5.74, 6) is 1.72. The summed E-state index contributed by atoms with van der Waals surface area (Å²) < 4.78 is 1.75. The number of halogens is 1. The van der Waals surface area contributed by atoms with E-state index >= 15 is 0 Å². The maximum absolute atomic E-state index is 10.7. The van der Waals surface area contributed by atoms with Gasteiger partial charge >= 0.3 is 0 Å². The SMILES string of the molecule is CCNC(=NCCCCc1ccc([N+](=O)[O-])cc1)N(C)Cc1ncnn1C.I. The molecule has 10 heteroatoms. The van der Waals surface area contributed by atoms with Crippen molar-refractivity contribution in [2.24, 2.45) is 12.0 Å². The summed E-state index contributed by atoms with van der Waals surface area (Å²) in [6.07, 6.45) is 4.36. The molecule has 0 aliphatic rings. The summed E-state index contributed by atoms with van der Waals surface area (Å²) in [4.78, 5) is 21.2. The number of rotatable bonds is 9. The molecule has 1 aromatic carbocycles. The molecule has 0 aliphatic carbocycles. The highest BCUT2D eigenvalue weighted by Crippen LogP contribution is 2.13. The van der Waals surface area contributed by atoms with E-state index in [-0.39, 0.29) is 34.6 Å². The number of hydrogen-bond acceptors (Lipinski definition) is 5. The molecule has 0 bridgehead atoms. The summed E-state index contributed by atoms with van der Waals surface area (Å²) >= 11 is 0. The Kier molecular flexibility index (Phi) is 10.4. The molecule has 0 spiro atoms. The number of hydrogen-bond donors (Lipinski definition) is 1. The van der Waals surface area contributed by atoms with E-state index in [4.69, 9.17) is 0 Å². The van der Waals surface area contributed by atoms with Crippen molar-refractivity contribution >= 4 is 35.6 Å². The van der Waals surface area contributed by atoms with Crippen LogP contribution in [0.25, 0.3) is 0 Å². The predicted molar refractivity (Wildman–Crippen MR) is 120 cm³/mol. The summed E-state index contributed by atoms with van der Waals surface area (Å²) in [6, 6.07) is 6.75. The normalized spacial score (nSPS) is 11.0. The van der Waals surface area contributed by atoms with Gasteiger partial charge in [0.1, 0.15) is 12.2 Å². The first-order valence-corrected chi connectivity index (χ1v) is 9.07. The van der Waals surface area contributed by atoms with E-state index < -0.39 is 0 Å². The number of non-ortho nitro benzene ring substituents is 1. The first-order chi connectivity index (χ1) is 13.0. The number of nitrogens with one attached hydrogen (secondary N) is 1. The van der Waals surface area contributed by atoms with E-state index in [9.17, 15) is 10.1 Å². The minimum absolute atomic E-state index is 0. The topological polar surface area (TPSA) is 101 Å². The monoisotopic (exact) mass is 501 g/mol. The molecule has 0 unspecified atom stereocenters. The fraction of sp³-hybridized carbons (Fsp3) is 0.500. The molecule has 2 rings (SSSR count). The predicted octanol–water partition coefficient (Wildman–Crippen LogP) is 2.76. The van der Waals surface area contributed by atoms with Crippen molar-refractivity contribution in [3.8, 4) is 0 Å². The molecular formula is C18H28IN7O2. The maximum atomic E-state index is 10.7. The van der Waals surface area contributed by atoms with Crippen LogP contribution in [0.5, 0.6) is 0 Å². The summed E-state index contributed by atoms with van der Waals surface area (Å²) in [6.45, 7) is 4.19. The van der Waals surface area contributed by atoms with Crippen LogP contribution in [0.2, 0.25) is 0 Å². The lowest BCUT2D eigenvalue weighted by Gasteiger charge is -2.21. The fourth-order valence-electron chi connectivity index (χ4n) is 2.63. The van der Waals surface area contributed by atoms with Crippen molar-refractivity contribution in [1.29, 1.82) is 0 Å². The van der Waals surface area contributed by atoms with Gasteiger partial charge in [0.05, 0.1) is 11.5 Å². The van der Waals surface area contributed by atoms with E-state index in [1.807, 2.05) is 38.1 Å². The number of nitro groups is 1. The van der Waals surface area contributed by atoms with Gasteiger partial charge in [-0.05, 0) is 31.7 Å². The number of unbranched alkanes of at least 4 members (excludes halogenated alkanes) is 1. The molecule has 1 heterocycles. The third kappa shape index (κ3) is 7.41. The molecule has 28 heavy (non-hydrogen) atoms. The largest absolute Gasteiger partial charge is 0.357 e. The number of guanidine groups is 1. The molecular weight excluding hydrogens is 473 g/mol. The van der Waals surface area contributed by atoms with Crippen molar-refractivity contribution in [1.82, 2.24) is 25.0 Å². The Balaban J connectivity index is 0.00000392. The zero-order chi connectivity index (χ0) is 19.6. The van der Waals surface area contributed by atoms with E-state index in [0.717, 1.165) is 49.7 Å². The zero-order valence-electron chi connectivity index (χ0n) is 16.5. The summed E-state index contributed by atoms with van der Waals surface area (Å²) in [7, 11) is 3.85. The van der Waals surface area contributed by atoms with Gasteiger partial charge in [0, 0.05) is 39.3 Å². The van der Waals surface area contributed by atoms with Gasteiger partial charge in [-0.2, -0.15) is 5.10 Å². The highest BCUT2D eigenvalue weighted by molar-refractivity contribution is 14.0. The van der Waals surface area contributed by atoms with Crippen LogP contribution in [0.3, 0.4) is 0 Å². The van der Waals surface area contributed by atoms with Crippen LogP contribution in [0.15, 0.2) is 35.6 Å². The minimum atomic E-state index is -0.377. The first-order valence-electron chi connectivity index (χ1n) is 9.07. The molecule has 154 valence electrons. The van der Waals surface area contributed by atoms with E-state index in [2.05, 4.69) is 20.4 Å². The number of benzene rings is 1. The number of aliphatic imine (C=N–C) groups is 1. The Morgan fingerprint density at radius 3 is 2.61 bits per heavy atom. The maximum Gasteiger partial charge on any atom is 0.269 e. The lowest BCUT2D eigenvalue weighted by molar-refractivity contribution is -0.384. The van der Waals surface area contributed by atoms with Gasteiger partial charge in [-0.3, -0.25) is 19.8 Å². The number of nitrogens with zero attached hydrogens (tertiary/aromatic N) is 6. The molecule has 0 saturated heterocycles. The fourth-order valence-corrected chi connectivity index (χ4v) is 2.63. The highest BCUT2D eigenvalue weighted by Gasteiger charge is 2.09. The second-order valence-electron chi connectivity index (χ2n) is 6.27. The molecule has 0 radical (unpaired) electrons. The lowest BCUT2D eigenvalue weighted by atomic mass is 10.1. The Labute approximate surface area is 182 Å². The molecule has 0 fully saturated rings. The molecule has 0 amide bonds. The smallest absolute Gasteiger partial charge is 0.269 e. The zero-order valence-corrected chi connectivity index (χ0v) is 18.9. The highest BCUT2D eigenvalue weighted by atomic mass is 127. The van der Waals surface area contributed by atoms with Gasteiger partial charge < -0.3 is 10.2 Å². The Morgan fingerprint density at radius 2 is 2.04 bits per heavy atom. The standard InChI is InChI=1S/C18H27N7O2.HI/c1-4-19-18(23(2)13-17-21-14-22-24(17)3)20-12-6-5-7-15-8-10-16(11-9-15)25(26)27;/h8-11,14H,4-7,12-13H2,1-3H3,(H,19,20);1H. The van der Waals surface area contributed by atoms with E-state index in [1.165, 1.54) is 0 Å².